The van der Waals surface area contributed by atoms with Crippen LogP contribution in [0.2, 0.25) is 0 Å². The zero-order chi connectivity index (χ0) is 28.1. The number of fused-ring (bicyclic) bond motifs is 2. The molecule has 2 atom stereocenters. The van der Waals surface area contributed by atoms with Gasteiger partial charge in [-0.15, -0.1) is 11.3 Å². The number of nitrogens with zero attached hydrogens (tertiary/aromatic N) is 2. The minimum Gasteiger partial charge on any atom is -0.497 e. The van der Waals surface area contributed by atoms with Crippen molar-refractivity contribution in [1.82, 2.24) is 20.5 Å². The lowest BCUT2D eigenvalue weighted by molar-refractivity contribution is -0.136. The Morgan fingerprint density at radius 2 is 1.87 bits per heavy atom. The lowest BCUT2D eigenvalue weighted by Gasteiger charge is -2.32. The van der Waals surface area contributed by atoms with E-state index in [1.807, 2.05) is 39.0 Å². The standard InChI is InChI=1S/C27H27N5O6S/c1-13(2)27(3,25-29-18-8-6-15(38-4)12-20(18)39-25)31-26(37)28-14-5-7-16-17(11-14)24(36)32(23(16)35)19-9-10-21(33)30-22(19)34/h5-8,11-13,19H,9-10H2,1-4H3,(H2,28,31,37)(H,30,33,34). The highest BCUT2D eigenvalue weighted by Gasteiger charge is 2.44. The second-order valence-electron chi connectivity index (χ2n) is 10.00. The van der Waals surface area contributed by atoms with Crippen molar-refractivity contribution in [2.45, 2.75) is 45.2 Å². The van der Waals surface area contributed by atoms with E-state index in [9.17, 15) is 24.0 Å². The highest BCUT2D eigenvalue weighted by Crippen LogP contribution is 2.36. The molecule has 11 nitrogen and oxygen atoms in total. The van der Waals surface area contributed by atoms with Crippen LogP contribution in [0.25, 0.3) is 10.2 Å². The Bertz CT molecular complexity index is 1550. The largest absolute Gasteiger partial charge is 0.497 e. The summed E-state index contributed by atoms with van der Waals surface area (Å²) in [6.45, 7) is 5.86. The second kappa shape index (κ2) is 9.77. The molecule has 0 aliphatic carbocycles. The van der Waals surface area contributed by atoms with Gasteiger partial charge in [-0.25, -0.2) is 9.78 Å². The van der Waals surface area contributed by atoms with Crippen LogP contribution in [0.5, 0.6) is 5.75 Å². The normalized spacial score (nSPS) is 18.7. The minimum atomic E-state index is -1.06. The fourth-order valence-corrected chi connectivity index (χ4v) is 5.89. The van der Waals surface area contributed by atoms with E-state index in [1.54, 1.807) is 7.11 Å². The van der Waals surface area contributed by atoms with Crippen molar-refractivity contribution in [3.63, 3.8) is 0 Å². The first-order valence-corrected chi connectivity index (χ1v) is 13.2. The fourth-order valence-electron chi connectivity index (χ4n) is 4.65. The molecule has 2 aliphatic heterocycles. The first-order chi connectivity index (χ1) is 18.5. The van der Waals surface area contributed by atoms with Gasteiger partial charge < -0.3 is 15.4 Å². The molecule has 0 saturated carbocycles. The van der Waals surface area contributed by atoms with Crippen molar-refractivity contribution in [2.75, 3.05) is 12.4 Å². The molecular formula is C27H27N5O6S. The van der Waals surface area contributed by atoms with Crippen LogP contribution >= 0.6 is 11.3 Å². The number of hydrogen-bond donors (Lipinski definition) is 3. The third-order valence-corrected chi connectivity index (χ3v) is 8.52. The highest BCUT2D eigenvalue weighted by molar-refractivity contribution is 7.18. The number of anilines is 1. The monoisotopic (exact) mass is 549 g/mol. The molecule has 2 aromatic carbocycles. The second-order valence-corrected chi connectivity index (χ2v) is 11.0. The van der Waals surface area contributed by atoms with Crippen LogP contribution in [-0.2, 0) is 15.1 Å². The molecule has 202 valence electrons. The Labute approximate surface area is 227 Å². The number of aromatic nitrogens is 1. The number of imide groups is 2. The molecule has 3 N–H and O–H groups in total. The van der Waals surface area contributed by atoms with Gasteiger partial charge in [0, 0.05) is 12.1 Å². The summed E-state index contributed by atoms with van der Waals surface area (Å²) in [5.74, 6) is -1.68. The van der Waals surface area contributed by atoms with Gasteiger partial charge in [0.25, 0.3) is 11.8 Å². The fraction of sp³-hybridized carbons (Fsp3) is 0.333. The van der Waals surface area contributed by atoms with Crippen LogP contribution in [0, 0.1) is 5.92 Å². The number of hydrogen-bond acceptors (Lipinski definition) is 8. The lowest BCUT2D eigenvalue weighted by Crippen LogP contribution is -2.54. The Balaban J connectivity index is 1.35. The molecule has 0 radical (unpaired) electrons. The van der Waals surface area contributed by atoms with Crippen LogP contribution < -0.4 is 20.7 Å². The van der Waals surface area contributed by atoms with Crippen molar-refractivity contribution in [3.8, 4) is 5.75 Å². The quantitative estimate of drug-likeness (QED) is 0.399. The number of benzene rings is 2. The lowest BCUT2D eigenvalue weighted by atomic mass is 9.89. The number of piperidine rings is 1. The zero-order valence-corrected chi connectivity index (χ0v) is 22.6. The summed E-state index contributed by atoms with van der Waals surface area (Å²) in [4.78, 5) is 68.6. The molecule has 2 aliphatic rings. The summed E-state index contributed by atoms with van der Waals surface area (Å²) >= 11 is 1.47. The molecule has 1 aromatic heterocycles. The van der Waals surface area contributed by atoms with Gasteiger partial charge in [-0.05, 0) is 55.7 Å². The number of thiazole rings is 1. The van der Waals surface area contributed by atoms with Gasteiger partial charge in [-0.2, -0.15) is 0 Å². The van der Waals surface area contributed by atoms with E-state index < -0.39 is 41.2 Å². The number of rotatable bonds is 6. The maximum atomic E-state index is 13.1. The van der Waals surface area contributed by atoms with Crippen molar-refractivity contribution in [3.05, 3.63) is 52.5 Å². The molecule has 6 amide bonds. The predicted octanol–water partition coefficient (Wildman–Crippen LogP) is 3.40. The average molecular weight is 550 g/mol. The van der Waals surface area contributed by atoms with E-state index in [2.05, 4.69) is 16.0 Å². The van der Waals surface area contributed by atoms with Gasteiger partial charge in [0.15, 0.2) is 0 Å². The molecule has 39 heavy (non-hydrogen) atoms. The smallest absolute Gasteiger partial charge is 0.320 e. The molecule has 0 bridgehead atoms. The number of ether oxygens (including phenoxy) is 1. The van der Waals surface area contributed by atoms with Gasteiger partial charge in [-0.1, -0.05) is 13.8 Å². The van der Waals surface area contributed by atoms with Gasteiger partial charge in [0.05, 0.1) is 34.0 Å². The van der Waals surface area contributed by atoms with Crippen molar-refractivity contribution in [2.24, 2.45) is 5.92 Å². The summed E-state index contributed by atoms with van der Waals surface area (Å²) in [6.07, 6.45) is 0.101. The Kier molecular flexibility index (Phi) is 6.59. The molecular weight excluding hydrogens is 522 g/mol. The van der Waals surface area contributed by atoms with Gasteiger partial charge >= 0.3 is 6.03 Å². The topological polar surface area (TPSA) is 147 Å². The summed E-state index contributed by atoms with van der Waals surface area (Å²) in [6, 6.07) is 8.41. The SMILES string of the molecule is COc1ccc2nc(C(C)(NC(=O)Nc3ccc4c(c3)C(=O)N(C3CCC(=O)NC3=O)C4=O)C(C)C)sc2c1. The molecule has 0 spiro atoms. The summed E-state index contributed by atoms with van der Waals surface area (Å²) in [7, 11) is 1.60. The average Bonchev–Trinajstić information content (AvgIpc) is 3.43. The molecule has 12 heteroatoms. The highest BCUT2D eigenvalue weighted by atomic mass is 32.1. The van der Waals surface area contributed by atoms with E-state index >= 15 is 0 Å². The molecule has 1 fully saturated rings. The number of urea groups is 1. The minimum absolute atomic E-state index is 0.0213. The number of carbonyl (C=O) groups excluding carboxylic acids is 5. The van der Waals surface area contributed by atoms with E-state index in [4.69, 9.17) is 9.72 Å². The number of methoxy groups -OCH3 is 1. The Morgan fingerprint density at radius 3 is 2.56 bits per heavy atom. The maximum Gasteiger partial charge on any atom is 0.320 e. The first-order valence-electron chi connectivity index (χ1n) is 12.4. The van der Waals surface area contributed by atoms with Crippen molar-refractivity contribution in [1.29, 1.82) is 0 Å². The van der Waals surface area contributed by atoms with E-state index in [0.29, 0.717) is 5.69 Å². The Morgan fingerprint density at radius 1 is 1.13 bits per heavy atom. The number of amides is 6. The van der Waals surface area contributed by atoms with Crippen molar-refractivity contribution < 1.29 is 28.7 Å². The van der Waals surface area contributed by atoms with Crippen LogP contribution in [0.4, 0.5) is 10.5 Å². The Hall–Kier alpha value is -4.32. The van der Waals surface area contributed by atoms with Crippen LogP contribution in [0.3, 0.4) is 0 Å². The van der Waals surface area contributed by atoms with Crippen LogP contribution in [0.15, 0.2) is 36.4 Å². The van der Waals surface area contributed by atoms with Crippen LogP contribution in [-0.4, -0.2) is 52.7 Å². The molecule has 5 rings (SSSR count). The zero-order valence-electron chi connectivity index (χ0n) is 21.8. The first kappa shape index (κ1) is 26.3. The summed E-state index contributed by atoms with van der Waals surface area (Å²) < 4.78 is 6.24. The number of nitrogens with one attached hydrogen (secondary N) is 3. The van der Waals surface area contributed by atoms with Gasteiger partial charge in [0.2, 0.25) is 11.8 Å². The van der Waals surface area contributed by atoms with Crippen LogP contribution in [0.1, 0.15) is 59.3 Å². The van der Waals surface area contributed by atoms with E-state index in [1.165, 1.54) is 29.5 Å². The molecule has 2 unspecified atom stereocenters. The predicted molar refractivity (Wildman–Crippen MR) is 144 cm³/mol. The van der Waals surface area contributed by atoms with Gasteiger partial charge in [-0.3, -0.25) is 29.4 Å². The summed E-state index contributed by atoms with van der Waals surface area (Å²) in [5, 5.41) is 8.67. The van der Waals surface area contributed by atoms with Crippen molar-refractivity contribution >= 4 is 56.9 Å². The number of carbonyl (C=O) groups is 5. The third-order valence-electron chi connectivity index (χ3n) is 7.27. The molecule has 3 heterocycles. The van der Waals surface area contributed by atoms with Gasteiger partial charge in [0.1, 0.15) is 16.8 Å². The van der Waals surface area contributed by atoms with E-state index in [0.717, 1.165) is 25.9 Å². The molecule has 3 aromatic rings. The summed E-state index contributed by atoms with van der Waals surface area (Å²) in [5.41, 5.74) is 0.498. The third kappa shape index (κ3) is 4.60. The molecule has 1 saturated heterocycles. The maximum absolute atomic E-state index is 13.1. The van der Waals surface area contributed by atoms with E-state index in [-0.39, 0.29) is 29.9 Å².